The lowest BCUT2D eigenvalue weighted by Gasteiger charge is -2.21. The molecule has 0 aliphatic rings. The molecule has 0 saturated heterocycles. The highest BCUT2D eigenvalue weighted by Gasteiger charge is 2.13. The molecule has 0 atom stereocenters. The van der Waals surface area contributed by atoms with E-state index < -0.39 is 0 Å². The summed E-state index contributed by atoms with van der Waals surface area (Å²) in [5.41, 5.74) is 0. The summed E-state index contributed by atoms with van der Waals surface area (Å²) in [5.74, 6) is -0.164. The summed E-state index contributed by atoms with van der Waals surface area (Å²) < 4.78 is 5.09. The van der Waals surface area contributed by atoms with Gasteiger partial charge in [0.1, 0.15) is 0 Å². The van der Waals surface area contributed by atoms with E-state index in [9.17, 15) is 4.79 Å². The van der Waals surface area contributed by atoms with Gasteiger partial charge in [0, 0.05) is 0 Å². The molecule has 0 radical (unpaired) electrons. The zero-order chi connectivity index (χ0) is 7.49. The van der Waals surface area contributed by atoms with E-state index in [0.29, 0.717) is 11.0 Å². The highest BCUT2D eigenvalue weighted by Crippen LogP contribution is 1.89. The number of methoxy groups -OCH3 is 1. The van der Waals surface area contributed by atoms with Gasteiger partial charge in [-0.25, -0.2) is 4.79 Å². The van der Waals surface area contributed by atoms with Crippen LogP contribution in [0.25, 0.3) is 0 Å². The fourth-order valence-corrected chi connectivity index (χ4v) is 0.452. The molecule has 0 bridgehead atoms. The van der Waals surface area contributed by atoms with Crippen LogP contribution in [-0.4, -0.2) is 45.2 Å². The van der Waals surface area contributed by atoms with Crippen molar-refractivity contribution in [2.45, 2.75) is 0 Å². The van der Waals surface area contributed by atoms with Crippen molar-refractivity contribution < 1.29 is 38.0 Å². The lowest BCUT2D eigenvalue weighted by molar-refractivity contribution is -0.862. The Hall–Kier alpha value is 0.160. The van der Waals surface area contributed by atoms with E-state index in [1.54, 1.807) is 0 Å². The Kier molecular flexibility index (Phi) is 6.27. The Morgan fingerprint density at radius 3 is 1.90 bits per heavy atom. The molecule has 0 aliphatic heterocycles. The summed E-state index contributed by atoms with van der Waals surface area (Å²) in [6.45, 7) is 0.427. The number of halogens is 1. The van der Waals surface area contributed by atoms with Gasteiger partial charge in [0.05, 0.1) is 28.3 Å². The average Bonchev–Trinajstić information content (AvgIpc) is 1.62. The van der Waals surface area contributed by atoms with Gasteiger partial charge < -0.3 is 33.2 Å². The standard InChI is InChI=1S/C6H14NO2.HI/c1-7(2,3)5-6(8)9-4;/h5H2,1-4H3;1H/q+1;/p-1. The smallest absolute Gasteiger partial charge is 0.361 e. The van der Waals surface area contributed by atoms with Gasteiger partial charge >= 0.3 is 5.97 Å². The third-order valence-corrected chi connectivity index (χ3v) is 0.831. The van der Waals surface area contributed by atoms with Gasteiger partial charge in [-0.2, -0.15) is 0 Å². The van der Waals surface area contributed by atoms with Crippen molar-refractivity contribution in [1.29, 1.82) is 0 Å². The zero-order valence-corrected chi connectivity index (χ0v) is 9.01. The minimum Gasteiger partial charge on any atom is -1.00 e. The summed E-state index contributed by atoms with van der Waals surface area (Å²) in [6.07, 6.45) is 0. The Morgan fingerprint density at radius 1 is 1.40 bits per heavy atom. The van der Waals surface area contributed by atoms with Gasteiger partial charge in [0.15, 0.2) is 6.54 Å². The summed E-state index contributed by atoms with van der Waals surface area (Å²) in [5, 5.41) is 0. The van der Waals surface area contributed by atoms with Crippen LogP contribution in [-0.2, 0) is 9.53 Å². The molecule has 0 aliphatic carbocycles. The number of ether oxygens (including phenoxy) is 1. The Bertz CT molecular complexity index is 109. The predicted octanol–water partition coefficient (Wildman–Crippen LogP) is -3.13. The number of nitrogens with zero attached hydrogens (tertiary/aromatic N) is 1. The molecular formula is C6H14INO2. The first-order chi connectivity index (χ1) is 3.95. The average molecular weight is 259 g/mol. The molecule has 0 heterocycles. The number of hydrogen-bond donors (Lipinski definition) is 0. The number of esters is 1. The minimum absolute atomic E-state index is 0. The monoisotopic (exact) mass is 259 g/mol. The predicted molar refractivity (Wildman–Crippen MR) is 34.9 cm³/mol. The Labute approximate surface area is 79.0 Å². The first-order valence-electron chi connectivity index (χ1n) is 2.83. The van der Waals surface area contributed by atoms with E-state index in [4.69, 9.17) is 0 Å². The maximum absolute atomic E-state index is 10.6. The number of rotatable bonds is 2. The molecule has 0 rings (SSSR count). The van der Waals surface area contributed by atoms with Crippen molar-refractivity contribution in [3.05, 3.63) is 0 Å². The van der Waals surface area contributed by atoms with Crippen LogP contribution < -0.4 is 24.0 Å². The number of carbonyl (C=O) groups excluding carboxylic acids is 1. The molecule has 4 heteroatoms. The summed E-state index contributed by atoms with van der Waals surface area (Å²) in [7, 11) is 7.22. The highest BCUT2D eigenvalue weighted by atomic mass is 127. The molecule has 62 valence electrons. The minimum atomic E-state index is -0.164. The van der Waals surface area contributed by atoms with Crippen molar-refractivity contribution in [3.63, 3.8) is 0 Å². The highest BCUT2D eigenvalue weighted by molar-refractivity contribution is 5.70. The van der Waals surface area contributed by atoms with Gasteiger partial charge in [-0.15, -0.1) is 0 Å². The van der Waals surface area contributed by atoms with Crippen molar-refractivity contribution in [3.8, 4) is 0 Å². The molecule has 0 spiro atoms. The van der Waals surface area contributed by atoms with Crippen LogP contribution in [0.4, 0.5) is 0 Å². The maximum atomic E-state index is 10.6. The Morgan fingerprint density at radius 2 is 1.80 bits per heavy atom. The van der Waals surface area contributed by atoms with Crippen LogP contribution in [0.2, 0.25) is 0 Å². The number of quaternary nitrogens is 1. The molecule has 0 aromatic rings. The largest absolute Gasteiger partial charge is 1.00 e. The first-order valence-corrected chi connectivity index (χ1v) is 2.83. The van der Waals surface area contributed by atoms with Gasteiger partial charge in [0.25, 0.3) is 0 Å². The molecular weight excluding hydrogens is 245 g/mol. The Balaban J connectivity index is 0. The number of hydrogen-bond acceptors (Lipinski definition) is 2. The lowest BCUT2D eigenvalue weighted by atomic mass is 10.5. The summed E-state index contributed by atoms with van der Waals surface area (Å²) >= 11 is 0. The van der Waals surface area contributed by atoms with Crippen LogP contribution in [0.3, 0.4) is 0 Å². The van der Waals surface area contributed by atoms with E-state index in [1.165, 1.54) is 7.11 Å². The fraction of sp³-hybridized carbons (Fsp3) is 0.833. The molecule has 0 aromatic carbocycles. The second-order valence-electron chi connectivity index (χ2n) is 3.02. The first kappa shape index (κ1) is 12.8. The lowest BCUT2D eigenvalue weighted by Crippen LogP contribution is -3.00. The molecule has 0 fully saturated rings. The van der Waals surface area contributed by atoms with Crippen molar-refractivity contribution in [1.82, 2.24) is 0 Å². The molecule has 10 heavy (non-hydrogen) atoms. The molecule has 3 nitrogen and oxygen atoms in total. The van der Waals surface area contributed by atoms with Gasteiger partial charge in [-0.3, -0.25) is 0 Å². The third kappa shape index (κ3) is 8.16. The molecule has 0 saturated carbocycles. The molecule has 0 N–H and O–H groups in total. The van der Waals surface area contributed by atoms with Crippen molar-refractivity contribution in [2.75, 3.05) is 34.8 Å². The zero-order valence-electron chi connectivity index (χ0n) is 6.85. The van der Waals surface area contributed by atoms with Gasteiger partial charge in [0.2, 0.25) is 0 Å². The van der Waals surface area contributed by atoms with E-state index in [0.717, 1.165) is 0 Å². The van der Waals surface area contributed by atoms with Crippen LogP contribution in [0.1, 0.15) is 0 Å². The summed E-state index contributed by atoms with van der Waals surface area (Å²) in [6, 6.07) is 0. The topological polar surface area (TPSA) is 26.3 Å². The molecule has 0 amide bonds. The molecule has 0 aromatic heterocycles. The summed E-state index contributed by atoms with van der Waals surface area (Å²) in [4.78, 5) is 10.6. The fourth-order valence-electron chi connectivity index (χ4n) is 0.452. The van der Waals surface area contributed by atoms with Crippen LogP contribution in [0, 0.1) is 0 Å². The van der Waals surface area contributed by atoms with Crippen LogP contribution in [0.15, 0.2) is 0 Å². The second kappa shape index (κ2) is 4.90. The second-order valence-corrected chi connectivity index (χ2v) is 3.02. The normalized spacial score (nSPS) is 10.0. The number of likely N-dealkylation sites (N-methyl/N-ethyl adjacent to an activating group) is 1. The van der Waals surface area contributed by atoms with E-state index in [1.807, 2.05) is 21.1 Å². The SMILES string of the molecule is COC(=O)C[N+](C)(C)C.[I-]. The maximum Gasteiger partial charge on any atom is 0.361 e. The van der Waals surface area contributed by atoms with Crippen LogP contribution >= 0.6 is 0 Å². The number of carbonyl (C=O) groups is 1. The molecule has 0 unspecified atom stereocenters. The van der Waals surface area contributed by atoms with Crippen molar-refractivity contribution >= 4 is 5.97 Å². The van der Waals surface area contributed by atoms with E-state index in [-0.39, 0.29) is 29.9 Å². The van der Waals surface area contributed by atoms with Crippen molar-refractivity contribution in [2.24, 2.45) is 0 Å². The van der Waals surface area contributed by atoms with Crippen LogP contribution in [0.5, 0.6) is 0 Å². The van der Waals surface area contributed by atoms with E-state index in [2.05, 4.69) is 4.74 Å². The van der Waals surface area contributed by atoms with E-state index >= 15 is 0 Å². The van der Waals surface area contributed by atoms with Gasteiger partial charge in [-0.1, -0.05) is 0 Å². The quantitative estimate of drug-likeness (QED) is 0.298. The van der Waals surface area contributed by atoms with Gasteiger partial charge in [-0.05, 0) is 0 Å². The third-order valence-electron chi connectivity index (χ3n) is 0.831.